The molecule has 1 amide bonds. The largest absolute Gasteiger partial charge is 0.450 e. The molecular weight excluding hydrogens is 310 g/mol. The summed E-state index contributed by atoms with van der Waals surface area (Å²) in [5, 5.41) is 0. The Balaban J connectivity index is 2.97. The van der Waals surface area contributed by atoms with Gasteiger partial charge in [0.2, 0.25) is 0 Å². The van der Waals surface area contributed by atoms with E-state index >= 15 is 0 Å². The first-order valence-corrected chi connectivity index (χ1v) is 11.2. The summed E-state index contributed by atoms with van der Waals surface area (Å²) in [5.74, 6) is 0. The van der Waals surface area contributed by atoms with Crippen molar-refractivity contribution < 1.29 is 9.53 Å². The van der Waals surface area contributed by atoms with Gasteiger partial charge < -0.3 is 10.5 Å². The Hall–Kier alpha value is -0.730. The van der Waals surface area contributed by atoms with E-state index in [2.05, 4.69) is 6.92 Å². The third kappa shape index (κ3) is 23.3. The summed E-state index contributed by atoms with van der Waals surface area (Å²) in [6.07, 6.45) is 25.4. The third-order valence-corrected chi connectivity index (χ3v) is 4.99. The molecule has 2 N–H and O–H groups in total. The molecule has 0 radical (unpaired) electrons. The van der Waals surface area contributed by atoms with Gasteiger partial charge in [0.05, 0.1) is 6.61 Å². The fourth-order valence-electron chi connectivity index (χ4n) is 3.35. The van der Waals surface area contributed by atoms with Crippen LogP contribution in [0.5, 0.6) is 0 Å². The number of amides is 1. The van der Waals surface area contributed by atoms with E-state index in [0.29, 0.717) is 6.61 Å². The molecule has 3 nitrogen and oxygen atoms in total. The number of rotatable bonds is 20. The topological polar surface area (TPSA) is 52.3 Å². The van der Waals surface area contributed by atoms with Crippen LogP contribution >= 0.6 is 0 Å². The molecule has 3 heteroatoms. The second kappa shape index (κ2) is 21.3. The molecule has 0 aliphatic rings. The first kappa shape index (κ1) is 24.3. The molecule has 0 heterocycles. The van der Waals surface area contributed by atoms with Crippen LogP contribution in [0.4, 0.5) is 4.79 Å². The predicted octanol–water partition coefficient (Wildman–Crippen LogP) is 7.51. The monoisotopic (exact) mass is 355 g/mol. The van der Waals surface area contributed by atoms with Gasteiger partial charge in [-0.2, -0.15) is 0 Å². The number of primary amides is 1. The minimum absolute atomic E-state index is 0.480. The Morgan fingerprint density at radius 1 is 0.560 bits per heavy atom. The molecular formula is C22H45NO2. The Bertz CT molecular complexity index is 269. The predicted molar refractivity (Wildman–Crippen MR) is 109 cm³/mol. The third-order valence-electron chi connectivity index (χ3n) is 4.99. The second-order valence-electron chi connectivity index (χ2n) is 7.53. The first-order valence-electron chi connectivity index (χ1n) is 11.2. The van der Waals surface area contributed by atoms with E-state index in [1.54, 1.807) is 0 Å². The zero-order valence-electron chi connectivity index (χ0n) is 17.0. The maximum absolute atomic E-state index is 10.4. The van der Waals surface area contributed by atoms with E-state index in [9.17, 15) is 4.79 Å². The minimum atomic E-state index is -0.651. The molecule has 0 aromatic carbocycles. The number of unbranched alkanes of at least 4 members (excludes halogenated alkanes) is 18. The lowest BCUT2D eigenvalue weighted by Gasteiger charge is -2.04. The van der Waals surface area contributed by atoms with Gasteiger partial charge in [0.25, 0.3) is 0 Å². The van der Waals surface area contributed by atoms with Crippen LogP contribution in [0.15, 0.2) is 0 Å². The number of nitrogens with two attached hydrogens (primary N) is 1. The summed E-state index contributed by atoms with van der Waals surface area (Å²) in [4.78, 5) is 10.4. The fourth-order valence-corrected chi connectivity index (χ4v) is 3.35. The van der Waals surface area contributed by atoms with Gasteiger partial charge in [0, 0.05) is 0 Å². The molecule has 25 heavy (non-hydrogen) atoms. The smallest absolute Gasteiger partial charge is 0.404 e. The van der Waals surface area contributed by atoms with Gasteiger partial charge in [-0.15, -0.1) is 0 Å². The van der Waals surface area contributed by atoms with Gasteiger partial charge in [-0.05, 0) is 6.42 Å². The van der Waals surface area contributed by atoms with Crippen LogP contribution in [-0.2, 0) is 4.74 Å². The van der Waals surface area contributed by atoms with Gasteiger partial charge in [0.15, 0.2) is 0 Å². The molecule has 0 unspecified atom stereocenters. The quantitative estimate of drug-likeness (QED) is 0.230. The van der Waals surface area contributed by atoms with Gasteiger partial charge in [-0.25, -0.2) is 4.79 Å². The van der Waals surface area contributed by atoms with Crippen LogP contribution < -0.4 is 5.73 Å². The zero-order valence-corrected chi connectivity index (χ0v) is 17.0. The van der Waals surface area contributed by atoms with Crippen LogP contribution in [0.2, 0.25) is 0 Å². The van der Waals surface area contributed by atoms with Crippen molar-refractivity contribution in [1.82, 2.24) is 0 Å². The summed E-state index contributed by atoms with van der Waals surface area (Å²) >= 11 is 0. The van der Waals surface area contributed by atoms with E-state index < -0.39 is 6.09 Å². The van der Waals surface area contributed by atoms with Gasteiger partial charge in [-0.1, -0.05) is 122 Å². The first-order chi connectivity index (χ1) is 12.3. The average molecular weight is 356 g/mol. The lowest BCUT2D eigenvalue weighted by molar-refractivity contribution is 0.154. The van der Waals surface area contributed by atoms with E-state index in [4.69, 9.17) is 10.5 Å². The van der Waals surface area contributed by atoms with Gasteiger partial charge in [0.1, 0.15) is 0 Å². The van der Waals surface area contributed by atoms with Crippen molar-refractivity contribution in [2.24, 2.45) is 5.73 Å². The number of carbonyl (C=O) groups excluding carboxylic acids is 1. The summed E-state index contributed by atoms with van der Waals surface area (Å²) in [7, 11) is 0. The lowest BCUT2D eigenvalue weighted by Crippen LogP contribution is -2.13. The molecule has 0 saturated heterocycles. The standard InChI is InChI=1S/C22H45NO2/c1-2-3-4-5-6-7-8-9-10-11-12-13-14-15-16-17-18-19-20-21-25-22(23)24/h2-21H2,1H3,(H2,23,24). The molecule has 0 atom stereocenters. The van der Waals surface area contributed by atoms with Crippen LogP contribution in [0, 0.1) is 0 Å². The van der Waals surface area contributed by atoms with E-state index in [1.165, 1.54) is 109 Å². The Kier molecular flexibility index (Phi) is 20.7. The molecule has 0 aromatic heterocycles. The SMILES string of the molecule is CCCCCCCCCCCCCCCCCCCCCOC(N)=O. The lowest BCUT2D eigenvalue weighted by atomic mass is 10.0. The summed E-state index contributed by atoms with van der Waals surface area (Å²) < 4.78 is 4.71. The zero-order chi connectivity index (χ0) is 18.4. The van der Waals surface area contributed by atoms with Gasteiger partial charge in [-0.3, -0.25) is 0 Å². The molecule has 0 aliphatic carbocycles. The van der Waals surface area contributed by atoms with Crippen molar-refractivity contribution in [2.75, 3.05) is 6.61 Å². The molecule has 0 spiro atoms. The molecule has 0 fully saturated rings. The number of hydrogen-bond donors (Lipinski definition) is 1. The molecule has 0 bridgehead atoms. The molecule has 0 aliphatic heterocycles. The minimum Gasteiger partial charge on any atom is -0.450 e. The maximum Gasteiger partial charge on any atom is 0.404 e. The van der Waals surface area contributed by atoms with E-state index in [0.717, 1.165) is 12.8 Å². The number of ether oxygens (including phenoxy) is 1. The Labute approximate surface area is 157 Å². The highest BCUT2D eigenvalue weighted by molar-refractivity contribution is 5.64. The highest BCUT2D eigenvalue weighted by atomic mass is 16.5. The van der Waals surface area contributed by atoms with E-state index in [-0.39, 0.29) is 0 Å². The summed E-state index contributed by atoms with van der Waals surface area (Å²) in [6, 6.07) is 0. The second-order valence-corrected chi connectivity index (χ2v) is 7.53. The number of hydrogen-bond acceptors (Lipinski definition) is 2. The van der Waals surface area contributed by atoms with E-state index in [1.807, 2.05) is 0 Å². The summed E-state index contributed by atoms with van der Waals surface area (Å²) in [5.41, 5.74) is 4.91. The van der Waals surface area contributed by atoms with Crippen LogP contribution in [0.3, 0.4) is 0 Å². The molecule has 0 saturated carbocycles. The van der Waals surface area contributed by atoms with Crippen molar-refractivity contribution in [3.63, 3.8) is 0 Å². The summed E-state index contributed by atoms with van der Waals surface area (Å²) in [6.45, 7) is 2.76. The van der Waals surface area contributed by atoms with Crippen molar-refractivity contribution in [3.05, 3.63) is 0 Å². The van der Waals surface area contributed by atoms with Crippen molar-refractivity contribution in [2.45, 2.75) is 129 Å². The average Bonchev–Trinajstić information content (AvgIpc) is 2.60. The normalized spacial score (nSPS) is 10.9. The Morgan fingerprint density at radius 3 is 1.12 bits per heavy atom. The number of carbonyl (C=O) groups is 1. The highest BCUT2D eigenvalue weighted by Gasteiger charge is 1.96. The van der Waals surface area contributed by atoms with Crippen molar-refractivity contribution in [3.8, 4) is 0 Å². The van der Waals surface area contributed by atoms with Crippen LogP contribution in [0.25, 0.3) is 0 Å². The van der Waals surface area contributed by atoms with Crippen molar-refractivity contribution in [1.29, 1.82) is 0 Å². The molecule has 150 valence electrons. The molecule has 0 rings (SSSR count). The van der Waals surface area contributed by atoms with Crippen LogP contribution in [-0.4, -0.2) is 12.7 Å². The van der Waals surface area contributed by atoms with Crippen LogP contribution in [0.1, 0.15) is 129 Å². The van der Waals surface area contributed by atoms with Gasteiger partial charge >= 0.3 is 6.09 Å². The Morgan fingerprint density at radius 2 is 0.840 bits per heavy atom. The van der Waals surface area contributed by atoms with Crippen molar-refractivity contribution >= 4 is 6.09 Å². The molecule has 0 aromatic rings. The highest BCUT2D eigenvalue weighted by Crippen LogP contribution is 2.14. The fraction of sp³-hybridized carbons (Fsp3) is 0.955. The maximum atomic E-state index is 10.4.